The number of hydrogen-bond acceptors (Lipinski definition) is 3. The minimum absolute atomic E-state index is 0.113. The second kappa shape index (κ2) is 4.42. The summed E-state index contributed by atoms with van der Waals surface area (Å²) < 4.78 is 0. The third-order valence-corrected chi connectivity index (χ3v) is 3.94. The molecule has 0 spiro atoms. The van der Waals surface area contributed by atoms with Crippen molar-refractivity contribution in [1.29, 1.82) is 0 Å². The lowest BCUT2D eigenvalue weighted by atomic mass is 10.0. The van der Waals surface area contributed by atoms with Gasteiger partial charge in [-0.25, -0.2) is 9.59 Å². The van der Waals surface area contributed by atoms with E-state index in [1.54, 1.807) is 4.90 Å². The van der Waals surface area contributed by atoms with E-state index in [1.807, 2.05) is 13.8 Å². The first-order chi connectivity index (χ1) is 8.33. The number of aliphatic carboxylic acids is 1. The lowest BCUT2D eigenvalue weighted by Crippen LogP contribution is -2.52. The number of β-amino-alcohol motifs (C(OH)–C–C–N with tert-alkyl or cyclic N) is 1. The number of likely N-dealkylation sites (tertiary alicyclic amines) is 2. The largest absolute Gasteiger partial charge is 0.480 e. The van der Waals surface area contributed by atoms with Gasteiger partial charge in [-0.3, -0.25) is 0 Å². The maximum absolute atomic E-state index is 12.4. The van der Waals surface area contributed by atoms with Gasteiger partial charge in [0.1, 0.15) is 6.04 Å². The van der Waals surface area contributed by atoms with Crippen LogP contribution in [0.5, 0.6) is 0 Å². The summed E-state index contributed by atoms with van der Waals surface area (Å²) >= 11 is 0. The maximum atomic E-state index is 12.4. The molecule has 2 heterocycles. The summed E-state index contributed by atoms with van der Waals surface area (Å²) in [5.74, 6) is -1.04. The summed E-state index contributed by atoms with van der Waals surface area (Å²) in [6.07, 6.45) is 1.25. The van der Waals surface area contributed by atoms with Crippen molar-refractivity contribution < 1.29 is 19.8 Å². The second-order valence-corrected chi connectivity index (χ2v) is 5.75. The van der Waals surface area contributed by atoms with Crippen molar-refractivity contribution in [2.45, 2.75) is 50.8 Å². The fourth-order valence-corrected chi connectivity index (χ4v) is 2.88. The number of aliphatic hydroxyl groups excluding tert-OH is 1. The van der Waals surface area contributed by atoms with Crippen LogP contribution in [0.4, 0.5) is 4.79 Å². The van der Waals surface area contributed by atoms with Gasteiger partial charge in [0.05, 0.1) is 6.10 Å². The molecule has 2 unspecified atom stereocenters. The van der Waals surface area contributed by atoms with Crippen LogP contribution in [-0.2, 0) is 4.79 Å². The average molecular weight is 256 g/mol. The van der Waals surface area contributed by atoms with E-state index in [1.165, 1.54) is 4.90 Å². The molecular weight excluding hydrogens is 236 g/mol. The Balaban J connectivity index is 2.15. The molecule has 0 aliphatic carbocycles. The molecule has 2 N–H and O–H groups in total. The monoisotopic (exact) mass is 256 g/mol. The molecule has 0 saturated carbocycles. The van der Waals surface area contributed by atoms with E-state index in [-0.39, 0.29) is 24.5 Å². The second-order valence-electron chi connectivity index (χ2n) is 5.75. The van der Waals surface area contributed by atoms with Crippen molar-refractivity contribution in [1.82, 2.24) is 9.80 Å². The van der Waals surface area contributed by atoms with Gasteiger partial charge in [0.25, 0.3) is 0 Å². The Hall–Kier alpha value is -1.30. The Morgan fingerprint density at radius 3 is 2.50 bits per heavy atom. The van der Waals surface area contributed by atoms with E-state index >= 15 is 0 Å². The zero-order chi connectivity index (χ0) is 13.5. The molecule has 2 aliphatic rings. The maximum Gasteiger partial charge on any atom is 0.326 e. The van der Waals surface area contributed by atoms with E-state index in [4.69, 9.17) is 5.11 Å². The number of carbonyl (C=O) groups excluding carboxylic acids is 1. The molecular formula is C12H20N2O4. The van der Waals surface area contributed by atoms with Gasteiger partial charge < -0.3 is 20.0 Å². The van der Waals surface area contributed by atoms with Gasteiger partial charge in [-0.1, -0.05) is 0 Å². The molecule has 0 bridgehead atoms. The van der Waals surface area contributed by atoms with Crippen molar-refractivity contribution in [3.05, 3.63) is 0 Å². The quantitative estimate of drug-likeness (QED) is 0.716. The lowest BCUT2D eigenvalue weighted by molar-refractivity contribution is -0.141. The molecule has 2 fully saturated rings. The third-order valence-electron chi connectivity index (χ3n) is 3.94. The first-order valence-corrected chi connectivity index (χ1v) is 6.32. The molecule has 18 heavy (non-hydrogen) atoms. The first kappa shape index (κ1) is 13.1. The predicted molar refractivity (Wildman–Crippen MR) is 64.2 cm³/mol. The molecule has 6 heteroatoms. The van der Waals surface area contributed by atoms with Gasteiger partial charge in [-0.2, -0.15) is 0 Å². The summed E-state index contributed by atoms with van der Waals surface area (Å²) in [7, 11) is 0. The number of carboxylic acid groups (broad SMARTS) is 1. The van der Waals surface area contributed by atoms with Crippen LogP contribution in [0.3, 0.4) is 0 Å². The molecule has 0 aromatic carbocycles. The van der Waals surface area contributed by atoms with Crippen LogP contribution in [-0.4, -0.2) is 62.8 Å². The fourth-order valence-electron chi connectivity index (χ4n) is 2.88. The smallest absolute Gasteiger partial charge is 0.326 e. The predicted octanol–water partition coefficient (Wildman–Crippen LogP) is 0.501. The zero-order valence-electron chi connectivity index (χ0n) is 10.8. The fraction of sp³-hybridized carbons (Fsp3) is 0.833. The van der Waals surface area contributed by atoms with E-state index < -0.39 is 18.1 Å². The Bertz CT molecular complexity index is 369. The number of hydrogen-bond donors (Lipinski definition) is 2. The molecule has 6 nitrogen and oxygen atoms in total. The number of nitrogens with zero attached hydrogens (tertiary/aromatic N) is 2. The van der Waals surface area contributed by atoms with Gasteiger partial charge in [-0.15, -0.1) is 0 Å². The van der Waals surface area contributed by atoms with Crippen LogP contribution < -0.4 is 0 Å². The van der Waals surface area contributed by atoms with E-state index in [0.29, 0.717) is 6.54 Å². The molecule has 102 valence electrons. The topological polar surface area (TPSA) is 81.1 Å². The molecule has 0 aromatic heterocycles. The normalized spacial score (nSPS) is 30.8. The highest BCUT2D eigenvalue weighted by Crippen LogP contribution is 2.31. The molecule has 0 aromatic rings. The van der Waals surface area contributed by atoms with Crippen LogP contribution in [0.15, 0.2) is 0 Å². The highest BCUT2D eigenvalue weighted by molar-refractivity contribution is 5.84. The van der Waals surface area contributed by atoms with Crippen LogP contribution in [0, 0.1) is 0 Å². The Morgan fingerprint density at radius 1 is 1.33 bits per heavy atom. The van der Waals surface area contributed by atoms with Gasteiger partial charge >= 0.3 is 12.0 Å². The van der Waals surface area contributed by atoms with E-state index in [0.717, 1.165) is 12.8 Å². The Labute approximate surface area is 106 Å². The minimum atomic E-state index is -1.04. The number of amides is 2. The molecule has 0 radical (unpaired) electrons. The highest BCUT2D eigenvalue weighted by atomic mass is 16.4. The summed E-state index contributed by atoms with van der Waals surface area (Å²) in [6.45, 7) is 4.74. The number of urea groups is 1. The van der Waals surface area contributed by atoms with Crippen molar-refractivity contribution in [2.75, 3.05) is 13.1 Å². The molecule has 2 amide bonds. The van der Waals surface area contributed by atoms with Gasteiger partial charge in [0.15, 0.2) is 0 Å². The van der Waals surface area contributed by atoms with Gasteiger partial charge in [0, 0.05) is 25.0 Å². The zero-order valence-corrected chi connectivity index (χ0v) is 10.8. The van der Waals surface area contributed by atoms with Crippen molar-refractivity contribution in [3.8, 4) is 0 Å². The van der Waals surface area contributed by atoms with Crippen molar-refractivity contribution in [2.24, 2.45) is 0 Å². The average Bonchev–Trinajstić information content (AvgIpc) is 2.80. The van der Waals surface area contributed by atoms with Crippen molar-refractivity contribution >= 4 is 12.0 Å². The van der Waals surface area contributed by atoms with E-state index in [9.17, 15) is 14.7 Å². The first-order valence-electron chi connectivity index (χ1n) is 6.32. The van der Waals surface area contributed by atoms with Crippen LogP contribution >= 0.6 is 0 Å². The molecule has 2 aliphatic heterocycles. The van der Waals surface area contributed by atoms with Crippen LogP contribution in [0.1, 0.15) is 33.1 Å². The van der Waals surface area contributed by atoms with Gasteiger partial charge in [-0.05, 0) is 26.7 Å². The van der Waals surface area contributed by atoms with Crippen molar-refractivity contribution in [3.63, 3.8) is 0 Å². The van der Waals surface area contributed by atoms with Gasteiger partial charge in [0.2, 0.25) is 0 Å². The minimum Gasteiger partial charge on any atom is -0.480 e. The summed E-state index contributed by atoms with van der Waals surface area (Å²) in [6, 6.07) is -1.16. The number of carboxylic acids is 1. The number of carbonyl (C=O) groups is 2. The molecule has 2 rings (SSSR count). The Morgan fingerprint density at radius 2 is 2.00 bits per heavy atom. The lowest BCUT2D eigenvalue weighted by Gasteiger charge is -2.36. The SMILES string of the molecule is CC1(C)CCCN1C(=O)N1CC(O)CC1C(=O)O. The number of aliphatic hydroxyl groups is 1. The number of rotatable bonds is 1. The Kier molecular flexibility index (Phi) is 3.23. The third kappa shape index (κ3) is 2.16. The summed E-state index contributed by atoms with van der Waals surface area (Å²) in [5, 5.41) is 18.7. The highest BCUT2D eigenvalue weighted by Gasteiger charge is 2.44. The summed E-state index contributed by atoms with van der Waals surface area (Å²) in [4.78, 5) is 26.5. The molecule has 2 atom stereocenters. The summed E-state index contributed by atoms with van der Waals surface area (Å²) in [5.41, 5.74) is -0.228. The standard InChI is InChI=1S/C12H20N2O4/c1-12(2)4-3-5-14(12)11(18)13-7-8(15)6-9(13)10(16)17/h8-9,15H,3-7H2,1-2H3,(H,16,17). The van der Waals surface area contributed by atoms with Crippen LogP contribution in [0.25, 0.3) is 0 Å². The molecule has 2 saturated heterocycles. The van der Waals surface area contributed by atoms with Crippen LogP contribution in [0.2, 0.25) is 0 Å². The van der Waals surface area contributed by atoms with E-state index in [2.05, 4.69) is 0 Å².